The van der Waals surface area contributed by atoms with Crippen molar-refractivity contribution in [2.45, 2.75) is 33.7 Å². The molecule has 0 spiro atoms. The van der Waals surface area contributed by atoms with Gasteiger partial charge in [-0.05, 0) is 61.5 Å². The standard InChI is InChI=1S/C21H21FN2O2/c1-4-9-24-19(12-15-11-16(22)6-7-17(15)21(24)26)20(25)23-18-8-5-13(2)10-14(18)3/h5-8,10-12H,4,9H2,1-3H3,(H,23,25). The number of amides is 1. The molecular formula is C21H21FN2O2. The van der Waals surface area contributed by atoms with Crippen molar-refractivity contribution in [3.8, 4) is 0 Å². The summed E-state index contributed by atoms with van der Waals surface area (Å²) < 4.78 is 15.0. The number of aromatic nitrogens is 1. The molecule has 134 valence electrons. The zero-order valence-corrected chi connectivity index (χ0v) is 15.1. The molecule has 2 aromatic carbocycles. The van der Waals surface area contributed by atoms with Crippen LogP contribution in [0.4, 0.5) is 10.1 Å². The number of halogens is 1. The summed E-state index contributed by atoms with van der Waals surface area (Å²) in [4.78, 5) is 25.6. The molecule has 1 amide bonds. The summed E-state index contributed by atoms with van der Waals surface area (Å²) in [5.41, 5.74) is 2.68. The Labute approximate surface area is 151 Å². The molecule has 26 heavy (non-hydrogen) atoms. The van der Waals surface area contributed by atoms with Crippen molar-refractivity contribution in [2.75, 3.05) is 5.32 Å². The van der Waals surface area contributed by atoms with Crippen LogP contribution in [0.25, 0.3) is 10.8 Å². The molecule has 0 atom stereocenters. The number of nitrogens with zero attached hydrogens (tertiary/aromatic N) is 1. The molecule has 0 unspecified atom stereocenters. The molecule has 0 radical (unpaired) electrons. The fraction of sp³-hybridized carbons (Fsp3) is 0.238. The van der Waals surface area contributed by atoms with Gasteiger partial charge in [-0.25, -0.2) is 4.39 Å². The lowest BCUT2D eigenvalue weighted by Crippen LogP contribution is -2.29. The van der Waals surface area contributed by atoms with E-state index in [1.165, 1.54) is 22.8 Å². The molecule has 4 nitrogen and oxygen atoms in total. The van der Waals surface area contributed by atoms with E-state index < -0.39 is 5.82 Å². The van der Waals surface area contributed by atoms with Crippen LogP contribution in [0.2, 0.25) is 0 Å². The van der Waals surface area contributed by atoms with Gasteiger partial charge in [-0.2, -0.15) is 0 Å². The number of nitrogens with one attached hydrogen (secondary N) is 1. The van der Waals surface area contributed by atoms with Crippen LogP contribution in [-0.4, -0.2) is 10.5 Å². The smallest absolute Gasteiger partial charge is 0.272 e. The highest BCUT2D eigenvalue weighted by Crippen LogP contribution is 2.19. The number of rotatable bonds is 4. The van der Waals surface area contributed by atoms with E-state index in [-0.39, 0.29) is 17.2 Å². The van der Waals surface area contributed by atoms with Gasteiger partial charge in [0.2, 0.25) is 0 Å². The molecule has 3 aromatic rings. The molecule has 0 saturated carbocycles. The Balaban J connectivity index is 2.11. The Morgan fingerprint density at radius 1 is 1.12 bits per heavy atom. The SMILES string of the molecule is CCCn1c(C(=O)Nc2ccc(C)cc2C)cc2cc(F)ccc2c1=O. The minimum atomic E-state index is -0.439. The Kier molecular flexibility index (Phi) is 4.89. The van der Waals surface area contributed by atoms with Crippen molar-refractivity contribution in [3.05, 3.63) is 75.5 Å². The molecule has 3 rings (SSSR count). The third-order valence-corrected chi connectivity index (χ3v) is 4.38. The molecule has 0 fully saturated rings. The maximum absolute atomic E-state index is 13.6. The molecule has 0 bridgehead atoms. The largest absolute Gasteiger partial charge is 0.320 e. The van der Waals surface area contributed by atoms with Crippen LogP contribution in [0.1, 0.15) is 35.0 Å². The Bertz CT molecular complexity index is 1050. The van der Waals surface area contributed by atoms with Gasteiger partial charge in [-0.3, -0.25) is 9.59 Å². The number of aryl methyl sites for hydroxylation is 2. The summed E-state index contributed by atoms with van der Waals surface area (Å²) in [5, 5.41) is 3.70. The quantitative estimate of drug-likeness (QED) is 0.756. The Morgan fingerprint density at radius 3 is 2.58 bits per heavy atom. The summed E-state index contributed by atoms with van der Waals surface area (Å²) in [6, 6.07) is 11.3. The second-order valence-corrected chi connectivity index (χ2v) is 6.49. The van der Waals surface area contributed by atoms with Crippen molar-refractivity contribution in [2.24, 2.45) is 0 Å². The third kappa shape index (κ3) is 3.38. The fourth-order valence-electron chi connectivity index (χ4n) is 3.10. The predicted molar refractivity (Wildman–Crippen MR) is 102 cm³/mol. The van der Waals surface area contributed by atoms with Crippen molar-refractivity contribution >= 4 is 22.4 Å². The van der Waals surface area contributed by atoms with E-state index in [1.807, 2.05) is 39.0 Å². The Morgan fingerprint density at radius 2 is 1.88 bits per heavy atom. The molecule has 1 N–H and O–H groups in total. The summed E-state index contributed by atoms with van der Waals surface area (Å²) >= 11 is 0. The first-order valence-electron chi connectivity index (χ1n) is 8.62. The number of hydrogen-bond donors (Lipinski definition) is 1. The van der Waals surface area contributed by atoms with Gasteiger partial charge in [0.05, 0.1) is 0 Å². The van der Waals surface area contributed by atoms with Crippen LogP contribution >= 0.6 is 0 Å². The summed E-state index contributed by atoms with van der Waals surface area (Å²) in [6.45, 7) is 6.25. The van der Waals surface area contributed by atoms with Crippen molar-refractivity contribution in [3.63, 3.8) is 0 Å². The molecule has 5 heteroatoms. The zero-order chi connectivity index (χ0) is 18.8. The zero-order valence-electron chi connectivity index (χ0n) is 15.1. The highest BCUT2D eigenvalue weighted by molar-refractivity contribution is 6.05. The molecule has 0 aliphatic carbocycles. The van der Waals surface area contributed by atoms with E-state index in [9.17, 15) is 14.0 Å². The van der Waals surface area contributed by atoms with Gasteiger partial charge in [-0.1, -0.05) is 24.6 Å². The highest BCUT2D eigenvalue weighted by Gasteiger charge is 2.16. The van der Waals surface area contributed by atoms with Crippen LogP contribution in [0, 0.1) is 19.7 Å². The molecule has 1 aromatic heterocycles. The number of fused-ring (bicyclic) bond motifs is 1. The minimum Gasteiger partial charge on any atom is -0.320 e. The topological polar surface area (TPSA) is 51.1 Å². The lowest BCUT2D eigenvalue weighted by molar-refractivity contribution is 0.101. The average molecular weight is 352 g/mol. The van der Waals surface area contributed by atoms with Crippen LogP contribution in [0.3, 0.4) is 0 Å². The van der Waals surface area contributed by atoms with Crippen LogP contribution < -0.4 is 10.9 Å². The fourth-order valence-corrected chi connectivity index (χ4v) is 3.10. The Hall–Kier alpha value is -2.95. The molecule has 0 saturated heterocycles. The van der Waals surface area contributed by atoms with Gasteiger partial charge in [0, 0.05) is 17.6 Å². The first-order chi connectivity index (χ1) is 12.4. The van der Waals surface area contributed by atoms with Gasteiger partial charge in [0.15, 0.2) is 0 Å². The highest BCUT2D eigenvalue weighted by atomic mass is 19.1. The normalized spacial score (nSPS) is 10.9. The maximum atomic E-state index is 13.6. The van der Waals surface area contributed by atoms with Crippen molar-refractivity contribution in [1.29, 1.82) is 0 Å². The van der Waals surface area contributed by atoms with E-state index in [1.54, 1.807) is 6.07 Å². The summed E-state index contributed by atoms with van der Waals surface area (Å²) in [6.07, 6.45) is 0.705. The minimum absolute atomic E-state index is 0.231. The van der Waals surface area contributed by atoms with Gasteiger partial charge in [0.25, 0.3) is 11.5 Å². The number of hydrogen-bond acceptors (Lipinski definition) is 2. The van der Waals surface area contributed by atoms with Gasteiger partial charge in [-0.15, -0.1) is 0 Å². The molecule has 0 aliphatic heterocycles. The van der Waals surface area contributed by atoms with E-state index in [4.69, 9.17) is 0 Å². The monoisotopic (exact) mass is 352 g/mol. The molecule has 0 aliphatic rings. The molecular weight excluding hydrogens is 331 g/mol. The maximum Gasteiger partial charge on any atom is 0.272 e. The predicted octanol–water partition coefficient (Wildman–Crippen LogP) is 4.42. The lowest BCUT2D eigenvalue weighted by atomic mass is 10.1. The summed E-state index contributed by atoms with van der Waals surface area (Å²) in [7, 11) is 0. The number of carbonyl (C=O) groups is 1. The van der Waals surface area contributed by atoms with E-state index in [2.05, 4.69) is 5.32 Å². The first kappa shape index (κ1) is 17.9. The number of carbonyl (C=O) groups excluding carboxylic acids is 1. The van der Waals surface area contributed by atoms with Crippen LogP contribution in [0.5, 0.6) is 0 Å². The first-order valence-corrected chi connectivity index (χ1v) is 8.62. The second-order valence-electron chi connectivity index (χ2n) is 6.49. The lowest BCUT2D eigenvalue weighted by Gasteiger charge is -2.15. The number of benzene rings is 2. The second kappa shape index (κ2) is 7.12. The number of anilines is 1. The van der Waals surface area contributed by atoms with E-state index >= 15 is 0 Å². The third-order valence-electron chi connectivity index (χ3n) is 4.38. The number of pyridine rings is 1. The van der Waals surface area contributed by atoms with Crippen molar-refractivity contribution in [1.82, 2.24) is 4.57 Å². The van der Waals surface area contributed by atoms with Gasteiger partial charge in [0.1, 0.15) is 11.5 Å². The summed E-state index contributed by atoms with van der Waals surface area (Å²) in [5.74, 6) is -0.820. The van der Waals surface area contributed by atoms with E-state index in [0.717, 1.165) is 11.1 Å². The van der Waals surface area contributed by atoms with Crippen LogP contribution in [0.15, 0.2) is 47.3 Å². The van der Waals surface area contributed by atoms with Gasteiger partial charge < -0.3 is 9.88 Å². The van der Waals surface area contributed by atoms with Crippen molar-refractivity contribution < 1.29 is 9.18 Å². The average Bonchev–Trinajstić information content (AvgIpc) is 2.59. The molecule has 1 heterocycles. The van der Waals surface area contributed by atoms with Gasteiger partial charge >= 0.3 is 0 Å². The van der Waals surface area contributed by atoms with E-state index in [0.29, 0.717) is 29.4 Å². The van der Waals surface area contributed by atoms with Crippen LogP contribution in [-0.2, 0) is 6.54 Å².